The first-order valence-corrected chi connectivity index (χ1v) is 5.13. The molecule has 2 rings (SSSR count). The van der Waals surface area contributed by atoms with Crippen molar-refractivity contribution in [1.82, 2.24) is 14.5 Å². The fourth-order valence-corrected chi connectivity index (χ4v) is 2.14. The van der Waals surface area contributed by atoms with Crippen molar-refractivity contribution in [3.8, 4) is 0 Å². The lowest BCUT2D eigenvalue weighted by atomic mass is 9.97. The van der Waals surface area contributed by atoms with Crippen LogP contribution in [0.1, 0.15) is 12.6 Å². The Morgan fingerprint density at radius 3 is 2.85 bits per heavy atom. The third-order valence-electron chi connectivity index (χ3n) is 2.01. The maximum Gasteiger partial charge on any atom is 0.138 e. The van der Waals surface area contributed by atoms with E-state index in [0.29, 0.717) is 24.0 Å². The Hall–Kier alpha value is -0.230. The fraction of sp³-hybridized carbons (Fsp3) is 0.714. The molecule has 0 radical (unpaired) electrons. The number of aromatic nitrogens is 2. The van der Waals surface area contributed by atoms with E-state index in [1.54, 1.807) is 0 Å². The predicted molar refractivity (Wildman–Crippen MR) is 50.8 cm³/mol. The zero-order valence-electron chi connectivity index (χ0n) is 7.20. The molecule has 0 atom stereocenters. The normalized spacial score (nSPS) is 21.5. The van der Waals surface area contributed by atoms with Crippen LogP contribution in [0, 0.1) is 0 Å². The summed E-state index contributed by atoms with van der Waals surface area (Å²) >= 11 is 7.04. The highest BCUT2D eigenvalue weighted by atomic mass is 35.5. The average Bonchev–Trinajstić information content (AvgIpc) is 2.33. The Bertz CT molecular complexity index is 306. The van der Waals surface area contributed by atoms with Crippen LogP contribution in [0.15, 0.2) is 0 Å². The van der Waals surface area contributed by atoms with E-state index in [2.05, 4.69) is 14.5 Å². The Morgan fingerprint density at radius 2 is 2.38 bits per heavy atom. The number of halogens is 1. The Labute approximate surface area is 85.3 Å². The van der Waals surface area contributed by atoms with Gasteiger partial charge in [-0.25, -0.2) is 0 Å². The average molecular weight is 220 g/mol. The largest absolute Gasteiger partial charge is 0.388 e. The van der Waals surface area contributed by atoms with Gasteiger partial charge >= 0.3 is 0 Å². The van der Waals surface area contributed by atoms with Gasteiger partial charge in [-0.1, -0.05) is 16.1 Å². The maximum atomic E-state index is 9.47. The number of hydrogen-bond donors (Lipinski definition) is 1. The number of β-amino-alcohol motifs (C(OH)–C–C–N with tert-alkyl or cyclic N) is 1. The quantitative estimate of drug-likeness (QED) is 0.798. The third-order valence-corrected chi connectivity index (χ3v) is 3.00. The standard InChI is InChI=1S/C7H10ClN3OS/c1-7(12)3-11(4-7)2-5-6(8)13-10-9-5/h12H,2-4H2,1H3. The molecule has 0 unspecified atom stereocenters. The summed E-state index contributed by atoms with van der Waals surface area (Å²) < 4.78 is 4.39. The van der Waals surface area contributed by atoms with Crippen molar-refractivity contribution >= 4 is 23.1 Å². The van der Waals surface area contributed by atoms with Crippen LogP contribution in [-0.2, 0) is 6.54 Å². The molecule has 1 aromatic rings. The Morgan fingerprint density at radius 1 is 1.69 bits per heavy atom. The Kier molecular flexibility index (Phi) is 2.27. The number of nitrogens with zero attached hydrogens (tertiary/aromatic N) is 3. The summed E-state index contributed by atoms with van der Waals surface area (Å²) in [5, 5.41) is 13.4. The monoisotopic (exact) mass is 219 g/mol. The first kappa shape index (κ1) is 9.33. The second-order valence-corrected chi connectivity index (χ2v) is 4.99. The molecule has 0 saturated carbocycles. The molecule has 4 nitrogen and oxygen atoms in total. The van der Waals surface area contributed by atoms with Gasteiger partial charge in [0.15, 0.2) is 0 Å². The van der Waals surface area contributed by atoms with Crippen molar-refractivity contribution in [2.45, 2.75) is 19.1 Å². The highest BCUT2D eigenvalue weighted by Crippen LogP contribution is 2.25. The summed E-state index contributed by atoms with van der Waals surface area (Å²) in [6, 6.07) is 0. The zero-order valence-corrected chi connectivity index (χ0v) is 8.77. The molecule has 0 amide bonds. The van der Waals surface area contributed by atoms with Gasteiger partial charge in [0.1, 0.15) is 10.0 Å². The van der Waals surface area contributed by atoms with Gasteiger partial charge in [0.25, 0.3) is 0 Å². The van der Waals surface area contributed by atoms with Crippen molar-refractivity contribution in [2.24, 2.45) is 0 Å². The first-order valence-electron chi connectivity index (χ1n) is 3.98. The maximum absolute atomic E-state index is 9.47. The number of rotatable bonds is 2. The van der Waals surface area contributed by atoms with Crippen LogP contribution in [0.2, 0.25) is 4.34 Å². The van der Waals surface area contributed by atoms with Gasteiger partial charge in [-0.15, -0.1) is 5.10 Å². The van der Waals surface area contributed by atoms with Gasteiger partial charge in [0.2, 0.25) is 0 Å². The first-order chi connectivity index (χ1) is 6.07. The topological polar surface area (TPSA) is 49.2 Å². The molecule has 0 spiro atoms. The minimum Gasteiger partial charge on any atom is -0.388 e. The molecule has 6 heteroatoms. The van der Waals surface area contributed by atoms with Crippen LogP contribution < -0.4 is 0 Å². The summed E-state index contributed by atoms with van der Waals surface area (Å²) in [6.07, 6.45) is 0. The lowest BCUT2D eigenvalue weighted by Crippen LogP contribution is -2.59. The van der Waals surface area contributed by atoms with Crippen molar-refractivity contribution in [3.63, 3.8) is 0 Å². The molecule has 1 N–H and O–H groups in total. The smallest absolute Gasteiger partial charge is 0.138 e. The van der Waals surface area contributed by atoms with Gasteiger partial charge in [0, 0.05) is 31.2 Å². The minimum absolute atomic E-state index is 0.532. The second kappa shape index (κ2) is 3.16. The molecule has 1 aromatic heterocycles. The number of aliphatic hydroxyl groups is 1. The molecule has 13 heavy (non-hydrogen) atoms. The van der Waals surface area contributed by atoms with Crippen LogP contribution in [0.5, 0.6) is 0 Å². The van der Waals surface area contributed by atoms with E-state index in [0.717, 1.165) is 5.69 Å². The molecule has 72 valence electrons. The van der Waals surface area contributed by atoms with E-state index in [9.17, 15) is 5.11 Å². The zero-order chi connectivity index (χ0) is 9.47. The van der Waals surface area contributed by atoms with Crippen molar-refractivity contribution in [3.05, 3.63) is 10.0 Å². The van der Waals surface area contributed by atoms with Crippen molar-refractivity contribution in [2.75, 3.05) is 13.1 Å². The molecular weight excluding hydrogens is 210 g/mol. The molecule has 0 aliphatic carbocycles. The van der Waals surface area contributed by atoms with E-state index < -0.39 is 5.60 Å². The lowest BCUT2D eigenvalue weighted by Gasteiger charge is -2.43. The number of hydrogen-bond acceptors (Lipinski definition) is 5. The third kappa shape index (κ3) is 1.99. The van der Waals surface area contributed by atoms with Gasteiger partial charge in [-0.05, 0) is 6.92 Å². The molecule has 1 fully saturated rings. The summed E-state index contributed by atoms with van der Waals surface area (Å²) in [5.74, 6) is 0. The van der Waals surface area contributed by atoms with Crippen molar-refractivity contribution < 1.29 is 5.11 Å². The molecule has 0 bridgehead atoms. The number of likely N-dealkylation sites (tertiary alicyclic amines) is 1. The van der Waals surface area contributed by atoms with E-state index in [1.165, 1.54) is 11.5 Å². The minimum atomic E-state index is -0.532. The predicted octanol–water partition coefficient (Wildman–Crippen LogP) is 0.758. The highest BCUT2D eigenvalue weighted by molar-refractivity contribution is 7.10. The molecule has 0 aromatic carbocycles. The second-order valence-electron chi connectivity index (χ2n) is 3.64. The van der Waals surface area contributed by atoms with Crippen LogP contribution in [0.4, 0.5) is 0 Å². The molecule has 1 aliphatic rings. The van der Waals surface area contributed by atoms with Crippen LogP contribution in [-0.4, -0.2) is 38.3 Å². The SMILES string of the molecule is CC1(O)CN(Cc2nnsc2Cl)C1. The van der Waals surface area contributed by atoms with E-state index in [4.69, 9.17) is 11.6 Å². The molecule has 1 aliphatic heterocycles. The Balaban J connectivity index is 1.91. The van der Waals surface area contributed by atoms with E-state index in [1.807, 2.05) is 6.92 Å². The highest BCUT2D eigenvalue weighted by Gasteiger charge is 2.36. The summed E-state index contributed by atoms with van der Waals surface area (Å²) in [4.78, 5) is 2.09. The lowest BCUT2D eigenvalue weighted by molar-refractivity contribution is -0.0875. The van der Waals surface area contributed by atoms with Gasteiger partial charge in [-0.3, -0.25) is 4.90 Å². The fourth-order valence-electron chi connectivity index (χ4n) is 1.53. The van der Waals surface area contributed by atoms with Crippen molar-refractivity contribution in [1.29, 1.82) is 0 Å². The molecule has 2 heterocycles. The molecule has 1 saturated heterocycles. The summed E-state index contributed by atoms with van der Waals surface area (Å²) in [6.45, 7) is 3.87. The van der Waals surface area contributed by atoms with E-state index in [-0.39, 0.29) is 0 Å². The van der Waals surface area contributed by atoms with Crippen LogP contribution in [0.3, 0.4) is 0 Å². The van der Waals surface area contributed by atoms with Crippen LogP contribution in [0.25, 0.3) is 0 Å². The summed E-state index contributed by atoms with van der Waals surface area (Å²) in [5.41, 5.74) is 0.276. The van der Waals surface area contributed by atoms with Gasteiger partial charge < -0.3 is 5.11 Å². The molecular formula is C7H10ClN3OS. The van der Waals surface area contributed by atoms with Crippen LogP contribution >= 0.6 is 23.1 Å². The van der Waals surface area contributed by atoms with Gasteiger partial charge in [0.05, 0.1) is 5.60 Å². The summed E-state index contributed by atoms with van der Waals surface area (Å²) in [7, 11) is 0. The van der Waals surface area contributed by atoms with E-state index >= 15 is 0 Å². The van der Waals surface area contributed by atoms with Gasteiger partial charge in [-0.2, -0.15) is 0 Å².